The van der Waals surface area contributed by atoms with Gasteiger partial charge >= 0.3 is 0 Å². The summed E-state index contributed by atoms with van der Waals surface area (Å²) >= 11 is 0. The summed E-state index contributed by atoms with van der Waals surface area (Å²) in [4.78, 5) is 8.25. The van der Waals surface area contributed by atoms with Crippen molar-refractivity contribution < 1.29 is 32.2 Å². The Kier molecular flexibility index (Phi) is 24.9. The molecule has 0 aliphatic heterocycles. The molecule has 0 saturated heterocycles. The quantitative estimate of drug-likeness (QED) is 0.228. The van der Waals surface area contributed by atoms with E-state index < -0.39 is 5.09 Å². The van der Waals surface area contributed by atoms with Gasteiger partial charge in [-0.15, -0.1) is 0 Å². The normalized spacial score (nSPS) is 4.00. The van der Waals surface area contributed by atoms with Gasteiger partial charge in [-0.2, -0.15) is 0 Å². The maximum absolute atomic E-state index is 8.25. The Balaban J connectivity index is -0.0000000450. The van der Waals surface area contributed by atoms with E-state index in [0.29, 0.717) is 0 Å². The molecule has 6 heteroatoms. The summed E-state index contributed by atoms with van der Waals surface area (Å²) in [5, 5.41) is 14.8. The topological polar surface area (TPSA) is 66.2 Å². The third-order valence-corrected chi connectivity index (χ3v) is 0. The van der Waals surface area contributed by atoms with Crippen LogP contribution in [0.15, 0.2) is 0 Å². The molecule has 0 aromatic rings. The van der Waals surface area contributed by atoms with Crippen LogP contribution >= 0.6 is 0 Å². The maximum Gasteiger partial charge on any atom is 0.0689 e. The van der Waals surface area contributed by atoms with E-state index in [1.807, 2.05) is 0 Å². The first-order valence-electron chi connectivity index (χ1n) is 0.548. The Bertz CT molecular complexity index is 33.8. The third-order valence-electron chi connectivity index (χ3n) is 0. The molecule has 0 aromatic heterocycles. The van der Waals surface area contributed by atoms with Crippen LogP contribution in [0.25, 0.3) is 0 Å². The standard InChI is InChI=1S/Ag.FH.NO3/c;;2-1(3)4/h;1H;/q;;-1/p-1. The van der Waals surface area contributed by atoms with E-state index in [0.717, 1.165) is 0 Å². The first-order chi connectivity index (χ1) is 1.73. The molecule has 0 rings (SSSR count). The van der Waals surface area contributed by atoms with Crippen LogP contribution in [0, 0.1) is 15.3 Å². The first kappa shape index (κ1) is 16.9. The SMILES string of the molecule is O=[N+]([O-])[O-].[Ag].[F-]. The summed E-state index contributed by atoms with van der Waals surface area (Å²) in [5.41, 5.74) is 0. The van der Waals surface area contributed by atoms with Crippen LogP contribution in [0.4, 0.5) is 0 Å². The zero-order valence-electron chi connectivity index (χ0n) is 2.35. The summed E-state index contributed by atoms with van der Waals surface area (Å²) in [7, 11) is 0. The number of halogens is 1. The van der Waals surface area contributed by atoms with Crippen LogP contribution in [0.1, 0.15) is 0 Å². The molecule has 0 saturated carbocycles. The van der Waals surface area contributed by atoms with Crippen molar-refractivity contribution in [1.82, 2.24) is 0 Å². The molecule has 0 spiro atoms. The predicted molar refractivity (Wildman–Crippen MR) is 10.4 cm³/mol. The van der Waals surface area contributed by atoms with E-state index in [1.165, 1.54) is 0 Å². The van der Waals surface area contributed by atoms with Gasteiger partial charge in [0.1, 0.15) is 0 Å². The fraction of sp³-hybridized carbons (Fsp3) is 0. The largest absolute Gasteiger partial charge is 1.00 e. The molecule has 4 nitrogen and oxygen atoms in total. The van der Waals surface area contributed by atoms with Gasteiger partial charge in [-0.3, -0.25) is 0 Å². The second kappa shape index (κ2) is 8.86. The second-order valence-electron chi connectivity index (χ2n) is 0.224. The predicted octanol–water partition coefficient (Wildman–Crippen LogP) is -3.24. The van der Waals surface area contributed by atoms with E-state index in [1.54, 1.807) is 0 Å². The van der Waals surface area contributed by atoms with Gasteiger partial charge in [0.15, 0.2) is 0 Å². The van der Waals surface area contributed by atoms with Crippen molar-refractivity contribution in [3.8, 4) is 0 Å². The molecule has 0 aliphatic carbocycles. The van der Waals surface area contributed by atoms with Crippen molar-refractivity contribution in [2.45, 2.75) is 0 Å². The average molecular weight is 189 g/mol. The van der Waals surface area contributed by atoms with E-state index in [4.69, 9.17) is 15.3 Å². The van der Waals surface area contributed by atoms with Crippen molar-refractivity contribution in [3.05, 3.63) is 15.3 Å². The fourth-order valence-electron chi connectivity index (χ4n) is 0. The van der Waals surface area contributed by atoms with E-state index in [-0.39, 0.29) is 27.1 Å². The molecule has 6 heavy (non-hydrogen) atoms. The van der Waals surface area contributed by atoms with E-state index in [2.05, 4.69) is 0 Å². The van der Waals surface area contributed by atoms with Gasteiger partial charge in [0, 0.05) is 22.4 Å². The molecule has 43 valence electrons. The van der Waals surface area contributed by atoms with Crippen molar-refractivity contribution >= 4 is 0 Å². The van der Waals surface area contributed by atoms with E-state index >= 15 is 0 Å². The summed E-state index contributed by atoms with van der Waals surface area (Å²) < 4.78 is 0. The molecule has 0 bridgehead atoms. The minimum atomic E-state index is -1.75. The van der Waals surface area contributed by atoms with E-state index in [9.17, 15) is 0 Å². The molecule has 0 aromatic carbocycles. The number of nitrogens with zero attached hydrogens (tertiary/aromatic N) is 1. The molecule has 0 amide bonds. The Hall–Kier alpha value is -0.130. The van der Waals surface area contributed by atoms with Crippen molar-refractivity contribution in [2.24, 2.45) is 0 Å². The van der Waals surface area contributed by atoms with Gasteiger partial charge in [0.05, 0.1) is 5.09 Å². The molecular weight excluding hydrogens is 189 g/mol. The van der Waals surface area contributed by atoms with Crippen LogP contribution in [0.3, 0.4) is 0 Å². The second-order valence-corrected chi connectivity index (χ2v) is 0.224. The molecule has 0 aliphatic rings. The van der Waals surface area contributed by atoms with Gasteiger partial charge in [-0.1, -0.05) is 0 Å². The van der Waals surface area contributed by atoms with Crippen molar-refractivity contribution in [3.63, 3.8) is 0 Å². The van der Waals surface area contributed by atoms with Gasteiger partial charge in [-0.05, 0) is 0 Å². The summed E-state index contributed by atoms with van der Waals surface area (Å²) in [6, 6.07) is 0. The van der Waals surface area contributed by atoms with Crippen LogP contribution in [-0.4, -0.2) is 5.09 Å². The molecule has 0 fully saturated rings. The van der Waals surface area contributed by atoms with Crippen LogP contribution in [0.2, 0.25) is 0 Å². The Labute approximate surface area is 48.1 Å². The number of hydrogen-bond acceptors (Lipinski definition) is 3. The number of hydrogen-bond donors (Lipinski definition) is 0. The zero-order valence-corrected chi connectivity index (χ0v) is 3.83. The maximum atomic E-state index is 8.25. The van der Waals surface area contributed by atoms with Crippen LogP contribution in [-0.2, 0) is 22.4 Å². The molecule has 1 radical (unpaired) electrons. The molecule has 0 heterocycles. The minimum absolute atomic E-state index is 0. The summed E-state index contributed by atoms with van der Waals surface area (Å²) in [5.74, 6) is 0. The van der Waals surface area contributed by atoms with Gasteiger partial charge in [-0.25, -0.2) is 0 Å². The molecular formula is AgFNO3-2. The smallest absolute Gasteiger partial charge is 0.0689 e. The monoisotopic (exact) mass is 188 g/mol. The summed E-state index contributed by atoms with van der Waals surface area (Å²) in [6.07, 6.45) is 0. The van der Waals surface area contributed by atoms with Gasteiger partial charge in [0.25, 0.3) is 0 Å². The summed E-state index contributed by atoms with van der Waals surface area (Å²) in [6.45, 7) is 0. The third kappa shape index (κ3) is 1890. The average Bonchev–Trinajstić information content (AvgIpc) is 0.811. The number of rotatable bonds is 0. The van der Waals surface area contributed by atoms with Crippen LogP contribution < -0.4 is 4.70 Å². The van der Waals surface area contributed by atoms with Crippen molar-refractivity contribution in [2.75, 3.05) is 0 Å². The molecule has 0 unspecified atom stereocenters. The van der Waals surface area contributed by atoms with Crippen LogP contribution in [0.5, 0.6) is 0 Å². The Morgan fingerprint density at radius 2 is 1.33 bits per heavy atom. The molecule has 0 atom stereocenters. The van der Waals surface area contributed by atoms with Crippen molar-refractivity contribution in [1.29, 1.82) is 0 Å². The fourth-order valence-corrected chi connectivity index (χ4v) is 0. The zero-order chi connectivity index (χ0) is 3.58. The van der Waals surface area contributed by atoms with Gasteiger partial charge in [0.2, 0.25) is 0 Å². The first-order valence-corrected chi connectivity index (χ1v) is 0.548. The minimum Gasteiger partial charge on any atom is -1.00 e. The Morgan fingerprint density at radius 3 is 1.33 bits per heavy atom. The van der Waals surface area contributed by atoms with Gasteiger partial charge < -0.3 is 20.0 Å². The Morgan fingerprint density at radius 1 is 1.33 bits per heavy atom. The molecule has 0 N–H and O–H groups in total.